The van der Waals surface area contributed by atoms with Crippen molar-refractivity contribution >= 4 is 21.6 Å². The van der Waals surface area contributed by atoms with E-state index >= 15 is 0 Å². The summed E-state index contributed by atoms with van der Waals surface area (Å²) in [5.74, 6) is -0.159. The van der Waals surface area contributed by atoms with Crippen molar-refractivity contribution in [3.63, 3.8) is 0 Å². The summed E-state index contributed by atoms with van der Waals surface area (Å²) < 4.78 is 26.9. The second kappa shape index (κ2) is 6.15. The molecule has 1 aromatic rings. The van der Waals surface area contributed by atoms with E-state index in [0.717, 1.165) is 30.4 Å². The second-order valence-electron chi connectivity index (χ2n) is 5.58. The van der Waals surface area contributed by atoms with Crippen LogP contribution in [0.15, 0.2) is 17.0 Å². The lowest BCUT2D eigenvalue weighted by Crippen LogP contribution is -2.35. The number of aryl methyl sites for hydroxylation is 2. The van der Waals surface area contributed by atoms with Crippen LogP contribution in [0.1, 0.15) is 37.3 Å². The molecular formula is C15H22N2O3S. The molecule has 1 heterocycles. The van der Waals surface area contributed by atoms with Gasteiger partial charge in [-0.1, -0.05) is 6.42 Å². The zero-order valence-corrected chi connectivity index (χ0v) is 13.6. The van der Waals surface area contributed by atoms with E-state index in [1.165, 1.54) is 6.92 Å². The summed E-state index contributed by atoms with van der Waals surface area (Å²) in [6.07, 6.45) is 2.92. The van der Waals surface area contributed by atoms with Gasteiger partial charge in [0.2, 0.25) is 15.9 Å². The summed E-state index contributed by atoms with van der Waals surface area (Å²) in [5, 5.41) is 2.75. The summed E-state index contributed by atoms with van der Waals surface area (Å²) in [6.45, 7) is 6.25. The van der Waals surface area contributed by atoms with Crippen molar-refractivity contribution in [3.8, 4) is 0 Å². The maximum absolute atomic E-state index is 12.7. The Morgan fingerprint density at radius 2 is 1.62 bits per heavy atom. The average Bonchev–Trinajstić information content (AvgIpc) is 2.43. The number of sulfonamides is 1. The van der Waals surface area contributed by atoms with E-state index in [4.69, 9.17) is 0 Å². The number of carbonyl (C=O) groups is 1. The minimum Gasteiger partial charge on any atom is -0.326 e. The SMILES string of the molecule is CC(=O)Nc1c(C)cc(S(=O)(=O)N2CCCCC2)cc1C. The molecule has 0 spiro atoms. The number of piperidine rings is 1. The van der Waals surface area contributed by atoms with Crippen LogP contribution in [-0.2, 0) is 14.8 Å². The van der Waals surface area contributed by atoms with Gasteiger partial charge < -0.3 is 5.32 Å². The molecule has 1 fully saturated rings. The fourth-order valence-corrected chi connectivity index (χ4v) is 4.39. The minimum absolute atomic E-state index is 0.159. The highest BCUT2D eigenvalue weighted by atomic mass is 32.2. The lowest BCUT2D eigenvalue weighted by molar-refractivity contribution is -0.114. The third-order valence-corrected chi connectivity index (χ3v) is 5.64. The van der Waals surface area contributed by atoms with E-state index in [0.29, 0.717) is 23.7 Å². The molecule has 1 N–H and O–H groups in total. The Hall–Kier alpha value is -1.40. The molecule has 0 radical (unpaired) electrons. The number of amides is 1. The highest BCUT2D eigenvalue weighted by Crippen LogP contribution is 2.27. The highest BCUT2D eigenvalue weighted by Gasteiger charge is 2.26. The zero-order chi connectivity index (χ0) is 15.6. The van der Waals surface area contributed by atoms with Gasteiger partial charge >= 0.3 is 0 Å². The molecule has 1 saturated heterocycles. The molecular weight excluding hydrogens is 288 g/mol. The molecule has 0 aliphatic carbocycles. The zero-order valence-electron chi connectivity index (χ0n) is 12.8. The first-order chi connectivity index (χ1) is 9.82. The maximum atomic E-state index is 12.7. The number of benzene rings is 1. The topological polar surface area (TPSA) is 66.5 Å². The van der Waals surface area contributed by atoms with Gasteiger partial charge in [0.15, 0.2) is 0 Å². The Labute approximate surface area is 126 Å². The quantitative estimate of drug-likeness (QED) is 0.932. The van der Waals surface area contributed by atoms with Gasteiger partial charge in [0, 0.05) is 25.7 Å². The normalized spacial score (nSPS) is 16.7. The number of nitrogens with one attached hydrogen (secondary N) is 1. The molecule has 21 heavy (non-hydrogen) atoms. The Morgan fingerprint density at radius 3 is 2.10 bits per heavy atom. The minimum atomic E-state index is -3.43. The van der Waals surface area contributed by atoms with E-state index in [2.05, 4.69) is 5.32 Å². The monoisotopic (exact) mass is 310 g/mol. The van der Waals surface area contributed by atoms with Crippen LogP contribution < -0.4 is 5.32 Å². The van der Waals surface area contributed by atoms with Gasteiger partial charge in [0.1, 0.15) is 0 Å². The van der Waals surface area contributed by atoms with Crippen LogP contribution in [0.25, 0.3) is 0 Å². The molecule has 0 aromatic heterocycles. The van der Waals surface area contributed by atoms with Crippen LogP contribution in [0.2, 0.25) is 0 Å². The van der Waals surface area contributed by atoms with Crippen molar-refractivity contribution in [2.24, 2.45) is 0 Å². The maximum Gasteiger partial charge on any atom is 0.243 e. The molecule has 1 aromatic carbocycles. The van der Waals surface area contributed by atoms with Gasteiger partial charge in [-0.3, -0.25) is 4.79 Å². The van der Waals surface area contributed by atoms with E-state index in [-0.39, 0.29) is 5.91 Å². The summed E-state index contributed by atoms with van der Waals surface area (Å²) in [5.41, 5.74) is 2.22. The summed E-state index contributed by atoms with van der Waals surface area (Å²) in [7, 11) is -3.43. The predicted octanol–water partition coefficient (Wildman–Crippen LogP) is 2.44. The third kappa shape index (κ3) is 3.44. The molecule has 2 rings (SSSR count). The van der Waals surface area contributed by atoms with Crippen LogP contribution in [-0.4, -0.2) is 31.7 Å². The fourth-order valence-electron chi connectivity index (χ4n) is 2.70. The standard InChI is InChI=1S/C15H22N2O3S/c1-11-9-14(10-12(2)15(11)16-13(3)18)21(19,20)17-7-5-4-6-8-17/h9-10H,4-8H2,1-3H3,(H,16,18). The number of hydrogen-bond donors (Lipinski definition) is 1. The van der Waals surface area contributed by atoms with Gasteiger partial charge in [0.25, 0.3) is 0 Å². The summed E-state index contributed by atoms with van der Waals surface area (Å²) in [4.78, 5) is 11.5. The Morgan fingerprint density at radius 1 is 1.10 bits per heavy atom. The number of hydrogen-bond acceptors (Lipinski definition) is 3. The lowest BCUT2D eigenvalue weighted by atomic mass is 10.1. The van der Waals surface area contributed by atoms with Crippen LogP contribution >= 0.6 is 0 Å². The Balaban J connectivity index is 2.38. The number of carbonyl (C=O) groups excluding carboxylic acids is 1. The van der Waals surface area contributed by atoms with Crippen molar-refractivity contribution in [3.05, 3.63) is 23.3 Å². The van der Waals surface area contributed by atoms with Crippen LogP contribution in [0.5, 0.6) is 0 Å². The van der Waals surface area contributed by atoms with Crippen LogP contribution in [0, 0.1) is 13.8 Å². The molecule has 0 unspecified atom stereocenters. The molecule has 1 amide bonds. The Bertz CT molecular complexity index is 624. The molecule has 5 nitrogen and oxygen atoms in total. The van der Waals surface area contributed by atoms with Crippen molar-refractivity contribution in [2.75, 3.05) is 18.4 Å². The Kier molecular flexibility index (Phi) is 4.68. The molecule has 1 aliphatic heterocycles. The van der Waals surface area contributed by atoms with Gasteiger partial charge in [-0.25, -0.2) is 8.42 Å². The van der Waals surface area contributed by atoms with E-state index in [1.807, 2.05) is 13.8 Å². The predicted molar refractivity (Wildman–Crippen MR) is 82.8 cm³/mol. The molecule has 1 aliphatic rings. The molecule has 0 bridgehead atoms. The molecule has 116 valence electrons. The first kappa shape index (κ1) is 16.0. The largest absolute Gasteiger partial charge is 0.326 e. The van der Waals surface area contributed by atoms with Crippen molar-refractivity contribution < 1.29 is 13.2 Å². The van der Waals surface area contributed by atoms with Crippen molar-refractivity contribution in [1.82, 2.24) is 4.31 Å². The van der Waals surface area contributed by atoms with Gasteiger partial charge in [-0.2, -0.15) is 4.31 Å². The summed E-state index contributed by atoms with van der Waals surface area (Å²) >= 11 is 0. The lowest BCUT2D eigenvalue weighted by Gasteiger charge is -2.26. The van der Waals surface area contributed by atoms with Crippen LogP contribution in [0.4, 0.5) is 5.69 Å². The number of rotatable bonds is 3. The van der Waals surface area contributed by atoms with E-state index in [1.54, 1.807) is 16.4 Å². The third-order valence-electron chi connectivity index (χ3n) is 3.76. The van der Waals surface area contributed by atoms with Crippen LogP contribution in [0.3, 0.4) is 0 Å². The van der Waals surface area contributed by atoms with Gasteiger partial charge in [-0.15, -0.1) is 0 Å². The van der Waals surface area contributed by atoms with E-state index < -0.39 is 10.0 Å². The van der Waals surface area contributed by atoms with Crippen molar-refractivity contribution in [1.29, 1.82) is 0 Å². The number of anilines is 1. The average molecular weight is 310 g/mol. The summed E-state index contributed by atoms with van der Waals surface area (Å²) in [6, 6.07) is 3.28. The van der Waals surface area contributed by atoms with Gasteiger partial charge in [-0.05, 0) is 49.9 Å². The van der Waals surface area contributed by atoms with Gasteiger partial charge in [0.05, 0.1) is 4.90 Å². The van der Waals surface area contributed by atoms with E-state index in [9.17, 15) is 13.2 Å². The molecule has 0 saturated carbocycles. The highest BCUT2D eigenvalue weighted by molar-refractivity contribution is 7.89. The first-order valence-corrected chi connectivity index (χ1v) is 8.65. The first-order valence-electron chi connectivity index (χ1n) is 7.21. The van der Waals surface area contributed by atoms with Crippen molar-refractivity contribution in [2.45, 2.75) is 44.9 Å². The second-order valence-corrected chi connectivity index (χ2v) is 7.52. The molecule has 6 heteroatoms. The smallest absolute Gasteiger partial charge is 0.243 e. The number of nitrogens with zero attached hydrogens (tertiary/aromatic N) is 1. The fraction of sp³-hybridized carbons (Fsp3) is 0.533. The molecule has 0 atom stereocenters.